The molecule has 0 unspecified atom stereocenters. The Labute approximate surface area is 168 Å². The minimum absolute atomic E-state index is 0.00546. The number of ketones is 2. The molecule has 3 fully saturated rings. The molecule has 8 heteroatoms. The molecule has 5 rings (SSSR count). The Bertz CT molecular complexity index is 854. The van der Waals surface area contributed by atoms with E-state index >= 15 is 0 Å². The highest BCUT2D eigenvalue weighted by Gasteiger charge is 2.43. The van der Waals surface area contributed by atoms with E-state index in [0.29, 0.717) is 21.4 Å². The van der Waals surface area contributed by atoms with Crippen molar-refractivity contribution in [3.05, 3.63) is 53.5 Å². The zero-order valence-electron chi connectivity index (χ0n) is 14.7. The lowest BCUT2D eigenvalue weighted by Gasteiger charge is -2.21. The summed E-state index contributed by atoms with van der Waals surface area (Å²) in [6.07, 6.45) is 1.52. The second kappa shape index (κ2) is 7.36. The molecule has 3 saturated heterocycles. The lowest BCUT2D eigenvalue weighted by molar-refractivity contribution is -0.117. The van der Waals surface area contributed by atoms with Crippen molar-refractivity contribution >= 4 is 46.4 Å². The SMILES string of the molecule is O=C1C=C(N2CC2)C(=O)C(N2CC2)=C1N1CC1.S=C(S)Nc1ccccc1. The second-order valence-electron chi connectivity index (χ2n) is 6.68. The van der Waals surface area contributed by atoms with Crippen molar-refractivity contribution in [2.24, 2.45) is 0 Å². The van der Waals surface area contributed by atoms with Crippen LogP contribution in [0.4, 0.5) is 5.69 Å². The maximum Gasteiger partial charge on any atom is 0.227 e. The monoisotopic (exact) mass is 400 g/mol. The quantitative estimate of drug-likeness (QED) is 0.344. The number of nitrogens with zero attached hydrogens (tertiary/aromatic N) is 3. The highest BCUT2D eigenvalue weighted by atomic mass is 32.1. The predicted octanol–water partition coefficient (Wildman–Crippen LogP) is 1.49. The number of hydrogen-bond donors (Lipinski definition) is 2. The molecular weight excluding hydrogens is 380 g/mol. The molecule has 4 aliphatic rings. The Kier molecular flexibility index (Phi) is 4.92. The van der Waals surface area contributed by atoms with E-state index < -0.39 is 0 Å². The van der Waals surface area contributed by atoms with Crippen LogP contribution >= 0.6 is 24.8 Å². The number of anilines is 1. The molecule has 1 aliphatic carbocycles. The average molecular weight is 401 g/mol. The molecule has 3 heterocycles. The minimum Gasteiger partial charge on any atom is -0.365 e. The van der Waals surface area contributed by atoms with Crippen LogP contribution in [0.25, 0.3) is 0 Å². The van der Waals surface area contributed by atoms with Crippen LogP contribution in [0, 0.1) is 0 Å². The summed E-state index contributed by atoms with van der Waals surface area (Å²) >= 11 is 8.66. The van der Waals surface area contributed by atoms with Gasteiger partial charge in [0.15, 0.2) is 0 Å². The number of thiocarbonyl (C=S) groups is 1. The smallest absolute Gasteiger partial charge is 0.227 e. The van der Waals surface area contributed by atoms with Gasteiger partial charge in [-0.25, -0.2) is 0 Å². The van der Waals surface area contributed by atoms with E-state index in [-0.39, 0.29) is 11.6 Å². The first-order valence-corrected chi connectivity index (χ1v) is 9.75. The topological polar surface area (TPSA) is 55.2 Å². The minimum atomic E-state index is 0.00546. The van der Waals surface area contributed by atoms with Gasteiger partial charge in [0.05, 0.1) is 5.70 Å². The van der Waals surface area contributed by atoms with Crippen molar-refractivity contribution in [1.29, 1.82) is 0 Å². The lowest BCUT2D eigenvalue weighted by Crippen LogP contribution is -2.29. The third-order valence-corrected chi connectivity index (χ3v) is 4.73. The molecule has 0 bridgehead atoms. The molecule has 27 heavy (non-hydrogen) atoms. The first-order chi connectivity index (χ1) is 13.0. The standard InChI is InChI=1S/C12H13N3O2.C7H7NS2/c16-9-7-8(13-1-2-13)12(17)11(15-5-6-15)10(9)14-3-4-14;9-7(10)8-6-4-2-1-3-5-6/h7H,1-6H2;1-5H,(H2,8,9,10). The molecule has 0 amide bonds. The van der Waals surface area contributed by atoms with Crippen molar-refractivity contribution in [1.82, 2.24) is 14.7 Å². The van der Waals surface area contributed by atoms with Crippen molar-refractivity contribution < 1.29 is 9.59 Å². The van der Waals surface area contributed by atoms with E-state index in [2.05, 4.69) is 17.9 Å². The van der Waals surface area contributed by atoms with Crippen molar-refractivity contribution in [3.63, 3.8) is 0 Å². The maximum atomic E-state index is 12.4. The van der Waals surface area contributed by atoms with Gasteiger partial charge in [-0.05, 0) is 12.1 Å². The average Bonchev–Trinajstić information content (AvgIpc) is 3.46. The molecule has 0 atom stereocenters. The number of thiol groups is 1. The van der Waals surface area contributed by atoms with Gasteiger partial charge < -0.3 is 20.0 Å². The fraction of sp³-hybridized carbons (Fsp3) is 0.316. The van der Waals surface area contributed by atoms with Crippen LogP contribution in [0.1, 0.15) is 0 Å². The van der Waals surface area contributed by atoms with Gasteiger partial charge in [0.2, 0.25) is 11.6 Å². The van der Waals surface area contributed by atoms with E-state index in [4.69, 9.17) is 12.2 Å². The summed E-state index contributed by atoms with van der Waals surface area (Å²) in [5.74, 6) is 0.0485. The summed E-state index contributed by atoms with van der Waals surface area (Å²) in [7, 11) is 0. The Morgan fingerprint density at radius 3 is 1.96 bits per heavy atom. The molecule has 0 aromatic heterocycles. The van der Waals surface area contributed by atoms with Gasteiger partial charge in [-0.15, -0.1) is 12.6 Å². The molecule has 1 aromatic rings. The Balaban J connectivity index is 0.000000155. The summed E-state index contributed by atoms with van der Waals surface area (Å²) in [4.78, 5) is 30.5. The fourth-order valence-corrected chi connectivity index (χ4v) is 3.17. The zero-order valence-corrected chi connectivity index (χ0v) is 16.4. The Morgan fingerprint density at radius 2 is 1.44 bits per heavy atom. The summed E-state index contributed by atoms with van der Waals surface area (Å²) in [6, 6.07) is 9.69. The van der Waals surface area contributed by atoms with Crippen LogP contribution in [-0.2, 0) is 9.59 Å². The summed E-state index contributed by atoms with van der Waals surface area (Å²) in [5, 5.41) is 2.90. The van der Waals surface area contributed by atoms with Crippen LogP contribution < -0.4 is 5.32 Å². The Morgan fingerprint density at radius 1 is 0.889 bits per heavy atom. The molecule has 0 spiro atoms. The summed E-state index contributed by atoms with van der Waals surface area (Å²) in [6.45, 7) is 5.41. The van der Waals surface area contributed by atoms with E-state index in [1.807, 2.05) is 45.0 Å². The lowest BCUT2D eigenvalue weighted by atomic mass is 10.0. The van der Waals surface area contributed by atoms with Gasteiger partial charge >= 0.3 is 0 Å². The molecular formula is C19H20N4O2S2. The number of allylic oxidation sites excluding steroid dienone is 1. The summed E-state index contributed by atoms with van der Waals surface area (Å²) in [5.41, 5.74) is 2.86. The highest BCUT2D eigenvalue weighted by Crippen LogP contribution is 2.33. The number of para-hydroxylation sites is 1. The van der Waals surface area contributed by atoms with E-state index in [0.717, 1.165) is 45.0 Å². The third kappa shape index (κ3) is 4.33. The molecule has 1 N–H and O–H groups in total. The summed E-state index contributed by atoms with van der Waals surface area (Å²) < 4.78 is 0.492. The fourth-order valence-electron chi connectivity index (χ4n) is 2.92. The first-order valence-electron chi connectivity index (χ1n) is 8.89. The van der Waals surface area contributed by atoms with Crippen LogP contribution in [0.15, 0.2) is 53.5 Å². The molecule has 0 radical (unpaired) electrons. The van der Waals surface area contributed by atoms with E-state index in [9.17, 15) is 9.59 Å². The number of carbonyl (C=O) groups excluding carboxylic acids is 2. The van der Waals surface area contributed by atoms with Crippen LogP contribution in [0.3, 0.4) is 0 Å². The van der Waals surface area contributed by atoms with Crippen molar-refractivity contribution in [2.45, 2.75) is 0 Å². The normalized spacial score (nSPS) is 20.0. The van der Waals surface area contributed by atoms with E-state index in [1.165, 1.54) is 6.08 Å². The molecule has 1 aromatic carbocycles. The molecule has 6 nitrogen and oxygen atoms in total. The van der Waals surface area contributed by atoms with Gasteiger partial charge in [0, 0.05) is 51.0 Å². The largest absolute Gasteiger partial charge is 0.365 e. The van der Waals surface area contributed by atoms with Gasteiger partial charge in [-0.3, -0.25) is 9.59 Å². The number of hydrogen-bond acceptors (Lipinski definition) is 6. The number of benzene rings is 1. The third-order valence-electron chi connectivity index (χ3n) is 4.51. The van der Waals surface area contributed by atoms with Gasteiger partial charge in [0.25, 0.3) is 0 Å². The van der Waals surface area contributed by atoms with Gasteiger partial charge in [-0.2, -0.15) is 0 Å². The highest BCUT2D eigenvalue weighted by molar-refractivity contribution is 8.11. The number of carbonyl (C=O) groups is 2. The Hall–Kier alpha value is -2.32. The van der Waals surface area contributed by atoms with Crippen molar-refractivity contribution in [2.75, 3.05) is 44.6 Å². The second-order valence-corrected chi connectivity index (χ2v) is 7.84. The maximum absolute atomic E-state index is 12.4. The predicted molar refractivity (Wildman–Crippen MR) is 111 cm³/mol. The zero-order chi connectivity index (χ0) is 19.0. The first kappa shape index (κ1) is 18.1. The van der Waals surface area contributed by atoms with Crippen LogP contribution in [0.5, 0.6) is 0 Å². The number of Topliss-reactive ketones (excluding diaryl/α,β-unsaturated/α-hetero) is 1. The van der Waals surface area contributed by atoms with Crippen LogP contribution in [0.2, 0.25) is 0 Å². The van der Waals surface area contributed by atoms with Gasteiger partial charge in [0.1, 0.15) is 15.7 Å². The van der Waals surface area contributed by atoms with Crippen molar-refractivity contribution in [3.8, 4) is 0 Å². The van der Waals surface area contributed by atoms with Crippen LogP contribution in [-0.4, -0.2) is 69.9 Å². The van der Waals surface area contributed by atoms with Gasteiger partial charge in [-0.1, -0.05) is 30.4 Å². The molecule has 140 valence electrons. The molecule has 0 saturated carbocycles. The number of nitrogens with one attached hydrogen (secondary N) is 1. The molecule has 3 aliphatic heterocycles. The van der Waals surface area contributed by atoms with E-state index in [1.54, 1.807) is 0 Å². The number of rotatable bonds is 4.